The molecule has 3 fully saturated rings. The number of rotatable bonds is 5. The average Bonchev–Trinajstić information content (AvgIpc) is 2.98. The number of benzene rings is 1. The second-order valence-electron chi connectivity index (χ2n) is 8.45. The number of imide groups is 1. The Kier molecular flexibility index (Phi) is 5.69. The van der Waals surface area contributed by atoms with E-state index in [1.807, 2.05) is 6.07 Å². The summed E-state index contributed by atoms with van der Waals surface area (Å²) in [4.78, 5) is 32.3. The molecule has 1 aromatic rings. The first-order valence-electron chi connectivity index (χ1n) is 10.8. The lowest BCUT2D eigenvalue weighted by Crippen LogP contribution is -2.56. The number of urea groups is 1. The number of likely N-dealkylation sites (tertiary alicyclic amines) is 2. The van der Waals surface area contributed by atoms with Gasteiger partial charge >= 0.3 is 6.03 Å². The molecule has 0 aliphatic carbocycles. The van der Waals surface area contributed by atoms with Crippen LogP contribution in [0.3, 0.4) is 0 Å². The standard InChI is InChI=1S/C22H32N4O2/c1-2-24-13-6-9-19(17-24)26-20(27)22(23-21(26)28)11-15-25(16-12-22)14-10-18-7-4-3-5-8-18/h3-5,7-8,19H,2,6,9-17H2,1H3,(H,23,28). The monoisotopic (exact) mass is 384 g/mol. The molecule has 3 heterocycles. The van der Waals surface area contributed by atoms with Gasteiger partial charge in [0.25, 0.3) is 5.91 Å². The fourth-order valence-electron chi connectivity index (χ4n) is 4.93. The molecular weight excluding hydrogens is 352 g/mol. The third-order valence-electron chi connectivity index (χ3n) is 6.76. The highest BCUT2D eigenvalue weighted by molar-refractivity contribution is 6.07. The van der Waals surface area contributed by atoms with E-state index in [4.69, 9.17) is 0 Å². The van der Waals surface area contributed by atoms with E-state index >= 15 is 0 Å². The molecular formula is C22H32N4O2. The quantitative estimate of drug-likeness (QED) is 0.790. The first kappa shape index (κ1) is 19.4. The van der Waals surface area contributed by atoms with Gasteiger partial charge in [-0.1, -0.05) is 37.3 Å². The number of piperidine rings is 2. The molecule has 1 spiro atoms. The van der Waals surface area contributed by atoms with Crippen molar-refractivity contribution < 1.29 is 9.59 Å². The zero-order valence-corrected chi connectivity index (χ0v) is 16.9. The number of carbonyl (C=O) groups excluding carboxylic acids is 2. The van der Waals surface area contributed by atoms with Crippen LogP contribution in [0.15, 0.2) is 30.3 Å². The van der Waals surface area contributed by atoms with E-state index < -0.39 is 5.54 Å². The van der Waals surface area contributed by atoms with Gasteiger partial charge in [0.1, 0.15) is 5.54 Å². The van der Waals surface area contributed by atoms with Crippen molar-refractivity contribution >= 4 is 11.9 Å². The van der Waals surface area contributed by atoms with Crippen LogP contribution in [0, 0.1) is 0 Å². The van der Waals surface area contributed by atoms with Crippen LogP contribution in [0.2, 0.25) is 0 Å². The van der Waals surface area contributed by atoms with Crippen LogP contribution in [0.25, 0.3) is 0 Å². The van der Waals surface area contributed by atoms with Crippen molar-refractivity contribution in [3.8, 4) is 0 Å². The second-order valence-corrected chi connectivity index (χ2v) is 8.45. The van der Waals surface area contributed by atoms with Gasteiger partial charge in [0, 0.05) is 26.2 Å². The van der Waals surface area contributed by atoms with Crippen LogP contribution < -0.4 is 5.32 Å². The van der Waals surface area contributed by atoms with Gasteiger partial charge in [-0.3, -0.25) is 9.69 Å². The molecule has 152 valence electrons. The topological polar surface area (TPSA) is 55.9 Å². The van der Waals surface area contributed by atoms with Gasteiger partial charge in [-0.05, 0) is 50.8 Å². The molecule has 3 amide bonds. The van der Waals surface area contributed by atoms with E-state index in [2.05, 4.69) is 46.3 Å². The Bertz CT molecular complexity index is 700. The maximum Gasteiger partial charge on any atom is 0.325 e. The van der Waals surface area contributed by atoms with Gasteiger partial charge in [0.15, 0.2) is 0 Å². The third kappa shape index (κ3) is 3.80. The molecule has 0 saturated carbocycles. The van der Waals surface area contributed by atoms with Crippen molar-refractivity contribution in [2.45, 2.75) is 50.6 Å². The van der Waals surface area contributed by atoms with Crippen molar-refractivity contribution in [3.63, 3.8) is 0 Å². The molecule has 3 aliphatic heterocycles. The molecule has 0 radical (unpaired) electrons. The van der Waals surface area contributed by atoms with E-state index in [1.54, 1.807) is 4.90 Å². The summed E-state index contributed by atoms with van der Waals surface area (Å²) in [6, 6.07) is 10.4. The summed E-state index contributed by atoms with van der Waals surface area (Å²) in [5.41, 5.74) is 0.673. The Labute approximate surface area is 167 Å². The first-order valence-corrected chi connectivity index (χ1v) is 10.8. The average molecular weight is 385 g/mol. The lowest BCUT2D eigenvalue weighted by Gasteiger charge is -2.39. The number of hydrogen-bond donors (Lipinski definition) is 1. The van der Waals surface area contributed by atoms with Crippen LogP contribution in [-0.4, -0.2) is 77.5 Å². The van der Waals surface area contributed by atoms with Crippen LogP contribution in [0.5, 0.6) is 0 Å². The van der Waals surface area contributed by atoms with Gasteiger partial charge < -0.3 is 15.1 Å². The Balaban J connectivity index is 1.34. The van der Waals surface area contributed by atoms with E-state index in [1.165, 1.54) is 5.56 Å². The van der Waals surface area contributed by atoms with Crippen LogP contribution >= 0.6 is 0 Å². The molecule has 1 N–H and O–H groups in total. The van der Waals surface area contributed by atoms with E-state index in [9.17, 15) is 9.59 Å². The normalized spacial score (nSPS) is 26.0. The molecule has 3 aliphatic rings. The first-order chi connectivity index (χ1) is 13.6. The lowest BCUT2D eigenvalue weighted by molar-refractivity contribution is -0.135. The van der Waals surface area contributed by atoms with Gasteiger partial charge in [-0.2, -0.15) is 0 Å². The SMILES string of the molecule is CCN1CCCC(N2C(=O)NC3(CCN(CCc4ccccc4)CC3)C2=O)C1. The third-order valence-corrected chi connectivity index (χ3v) is 6.76. The number of amides is 3. The summed E-state index contributed by atoms with van der Waals surface area (Å²) >= 11 is 0. The Morgan fingerprint density at radius 1 is 1.07 bits per heavy atom. The zero-order chi connectivity index (χ0) is 19.6. The smallest absolute Gasteiger partial charge is 0.323 e. The number of likely N-dealkylation sites (N-methyl/N-ethyl adjacent to an activating group) is 1. The number of carbonyl (C=O) groups is 2. The van der Waals surface area contributed by atoms with E-state index in [0.717, 1.165) is 58.5 Å². The van der Waals surface area contributed by atoms with Crippen molar-refractivity contribution in [1.82, 2.24) is 20.0 Å². The lowest BCUT2D eigenvalue weighted by atomic mass is 9.87. The molecule has 0 bridgehead atoms. The number of nitrogens with one attached hydrogen (secondary N) is 1. The molecule has 6 nitrogen and oxygen atoms in total. The summed E-state index contributed by atoms with van der Waals surface area (Å²) in [6.07, 6.45) is 4.43. The molecule has 6 heteroatoms. The highest BCUT2D eigenvalue weighted by Crippen LogP contribution is 2.32. The molecule has 1 aromatic carbocycles. The Morgan fingerprint density at radius 3 is 2.54 bits per heavy atom. The predicted octanol–water partition coefficient (Wildman–Crippen LogP) is 2.10. The molecule has 4 rings (SSSR count). The summed E-state index contributed by atoms with van der Waals surface area (Å²) < 4.78 is 0. The Hall–Kier alpha value is -1.92. The van der Waals surface area contributed by atoms with Crippen molar-refractivity contribution in [3.05, 3.63) is 35.9 Å². The summed E-state index contributed by atoms with van der Waals surface area (Å²) in [5.74, 6) is 0.0168. The maximum absolute atomic E-state index is 13.3. The number of hydrogen-bond acceptors (Lipinski definition) is 4. The minimum atomic E-state index is -0.672. The molecule has 1 unspecified atom stereocenters. The summed E-state index contributed by atoms with van der Waals surface area (Å²) in [5, 5.41) is 3.09. The predicted molar refractivity (Wildman–Crippen MR) is 109 cm³/mol. The summed E-state index contributed by atoms with van der Waals surface area (Å²) in [7, 11) is 0. The van der Waals surface area contributed by atoms with Gasteiger partial charge in [-0.15, -0.1) is 0 Å². The fraction of sp³-hybridized carbons (Fsp3) is 0.636. The largest absolute Gasteiger partial charge is 0.325 e. The van der Waals surface area contributed by atoms with Crippen LogP contribution in [-0.2, 0) is 11.2 Å². The van der Waals surface area contributed by atoms with Crippen molar-refractivity contribution in [2.24, 2.45) is 0 Å². The second kappa shape index (κ2) is 8.21. The highest BCUT2D eigenvalue weighted by Gasteiger charge is 2.54. The Morgan fingerprint density at radius 2 is 1.82 bits per heavy atom. The molecule has 0 aromatic heterocycles. The highest BCUT2D eigenvalue weighted by atomic mass is 16.2. The number of nitrogens with zero attached hydrogens (tertiary/aromatic N) is 3. The van der Waals surface area contributed by atoms with E-state index in [-0.39, 0.29) is 18.0 Å². The van der Waals surface area contributed by atoms with Crippen LogP contribution in [0.4, 0.5) is 4.79 Å². The minimum absolute atomic E-state index is 0.0168. The summed E-state index contributed by atoms with van der Waals surface area (Å²) in [6.45, 7) is 7.71. The maximum atomic E-state index is 13.3. The van der Waals surface area contributed by atoms with Crippen molar-refractivity contribution in [1.29, 1.82) is 0 Å². The zero-order valence-electron chi connectivity index (χ0n) is 16.9. The molecule has 1 atom stereocenters. The van der Waals surface area contributed by atoms with Gasteiger partial charge in [0.05, 0.1) is 6.04 Å². The minimum Gasteiger partial charge on any atom is -0.323 e. The van der Waals surface area contributed by atoms with Gasteiger partial charge in [0.2, 0.25) is 0 Å². The molecule has 28 heavy (non-hydrogen) atoms. The molecule has 3 saturated heterocycles. The van der Waals surface area contributed by atoms with Crippen LogP contribution in [0.1, 0.15) is 38.2 Å². The fourth-order valence-corrected chi connectivity index (χ4v) is 4.93. The van der Waals surface area contributed by atoms with Crippen molar-refractivity contribution in [2.75, 3.05) is 39.3 Å². The van der Waals surface area contributed by atoms with E-state index in [0.29, 0.717) is 12.8 Å². The van der Waals surface area contributed by atoms with Gasteiger partial charge in [-0.25, -0.2) is 4.79 Å².